The van der Waals surface area contributed by atoms with Gasteiger partial charge in [-0.1, -0.05) is 67.6 Å². The van der Waals surface area contributed by atoms with E-state index in [1.54, 1.807) is 0 Å². The van der Waals surface area contributed by atoms with Crippen molar-refractivity contribution in [2.45, 2.75) is 38.5 Å². The molecular weight excluding hydrogens is 352 g/mol. The van der Waals surface area contributed by atoms with Gasteiger partial charge in [0.25, 0.3) is 0 Å². The van der Waals surface area contributed by atoms with E-state index in [9.17, 15) is 4.79 Å². The maximum atomic E-state index is 12.1. The Morgan fingerprint density at radius 1 is 1.11 bits per heavy atom. The van der Waals surface area contributed by atoms with Crippen LogP contribution in [0.4, 0.5) is 0 Å². The molecular formula is C23H28N2O3. The lowest BCUT2D eigenvalue weighted by Gasteiger charge is -2.43. The minimum absolute atomic E-state index is 0.0271. The second-order valence-corrected chi connectivity index (χ2v) is 7.12. The van der Waals surface area contributed by atoms with E-state index in [2.05, 4.69) is 29.2 Å². The fourth-order valence-electron chi connectivity index (χ4n) is 3.30. The third kappa shape index (κ3) is 5.14. The largest absolute Gasteiger partial charge is 0.476 e. The molecule has 148 valence electrons. The maximum absolute atomic E-state index is 12.1. The summed E-state index contributed by atoms with van der Waals surface area (Å²) in [7, 11) is 0. The van der Waals surface area contributed by atoms with Crippen LogP contribution in [0, 0.1) is 0 Å². The third-order valence-corrected chi connectivity index (χ3v) is 4.93. The number of benzene rings is 2. The number of likely N-dealkylation sites (tertiary alicyclic amines) is 1. The van der Waals surface area contributed by atoms with E-state index in [1.807, 2.05) is 50.2 Å². The van der Waals surface area contributed by atoms with Crippen molar-refractivity contribution < 1.29 is 14.3 Å². The fraction of sp³-hybridized carbons (Fsp3) is 0.348. The van der Waals surface area contributed by atoms with Crippen molar-refractivity contribution in [3.63, 3.8) is 0 Å². The van der Waals surface area contributed by atoms with Crippen LogP contribution >= 0.6 is 0 Å². The number of esters is 1. The average molecular weight is 380 g/mol. The zero-order chi connectivity index (χ0) is 19.9. The molecule has 1 heterocycles. The molecule has 5 nitrogen and oxygen atoms in total. The number of nitrogens with two attached hydrogens (primary N) is 1. The van der Waals surface area contributed by atoms with Crippen LogP contribution < -0.4 is 5.73 Å². The molecule has 0 aliphatic carbocycles. The Kier molecular flexibility index (Phi) is 6.71. The van der Waals surface area contributed by atoms with Gasteiger partial charge < -0.3 is 15.2 Å². The summed E-state index contributed by atoms with van der Waals surface area (Å²) in [5, 5.41) is 0. The van der Waals surface area contributed by atoms with E-state index in [0.717, 1.165) is 6.42 Å². The van der Waals surface area contributed by atoms with E-state index in [0.29, 0.717) is 13.1 Å². The molecule has 1 aliphatic rings. The number of hydrogen-bond acceptors (Lipinski definition) is 5. The van der Waals surface area contributed by atoms with Crippen LogP contribution in [0.15, 0.2) is 72.6 Å². The highest BCUT2D eigenvalue weighted by Crippen LogP contribution is 2.32. The third-order valence-electron chi connectivity index (χ3n) is 4.93. The predicted octanol–water partition coefficient (Wildman–Crippen LogP) is 3.62. The zero-order valence-corrected chi connectivity index (χ0v) is 16.5. The van der Waals surface area contributed by atoms with Gasteiger partial charge in [-0.3, -0.25) is 4.90 Å². The fourth-order valence-corrected chi connectivity index (χ4v) is 3.30. The van der Waals surface area contributed by atoms with Gasteiger partial charge in [-0.25, -0.2) is 4.79 Å². The molecule has 1 atom stereocenters. The Labute approximate surface area is 166 Å². The van der Waals surface area contributed by atoms with Gasteiger partial charge in [0.1, 0.15) is 6.10 Å². The van der Waals surface area contributed by atoms with Gasteiger partial charge >= 0.3 is 5.97 Å². The Morgan fingerprint density at radius 3 is 2.14 bits per heavy atom. The Hall–Kier alpha value is -2.79. The molecule has 3 rings (SSSR count). The van der Waals surface area contributed by atoms with Crippen molar-refractivity contribution in [1.82, 2.24) is 4.90 Å². The number of carbonyl (C=O) groups excluding carboxylic acids is 1. The van der Waals surface area contributed by atoms with Crippen LogP contribution in [-0.2, 0) is 14.3 Å². The minimum atomic E-state index is -0.457. The van der Waals surface area contributed by atoms with Crippen LogP contribution in [0.1, 0.15) is 37.4 Å². The smallest absolute Gasteiger partial charge is 0.336 e. The lowest BCUT2D eigenvalue weighted by atomic mass is 9.94. The highest BCUT2D eigenvalue weighted by Gasteiger charge is 2.36. The number of carbonyl (C=O) groups is 1. The van der Waals surface area contributed by atoms with Crippen LogP contribution in [0.5, 0.6) is 0 Å². The number of ether oxygens (including phenoxy) is 2. The Balaban J connectivity index is 1.60. The molecule has 1 unspecified atom stereocenters. The van der Waals surface area contributed by atoms with Crippen LogP contribution in [0.3, 0.4) is 0 Å². The summed E-state index contributed by atoms with van der Waals surface area (Å²) in [6, 6.07) is 20.9. The van der Waals surface area contributed by atoms with E-state index in [4.69, 9.17) is 15.2 Å². The molecule has 5 heteroatoms. The molecule has 28 heavy (non-hydrogen) atoms. The first-order chi connectivity index (χ1) is 13.6. The van der Waals surface area contributed by atoms with E-state index < -0.39 is 5.97 Å². The van der Waals surface area contributed by atoms with Crippen molar-refractivity contribution in [2.24, 2.45) is 5.73 Å². The zero-order valence-electron chi connectivity index (χ0n) is 16.5. The lowest BCUT2D eigenvalue weighted by molar-refractivity contribution is -0.152. The lowest BCUT2D eigenvalue weighted by Crippen LogP contribution is -2.54. The van der Waals surface area contributed by atoms with Crippen LogP contribution in [0.25, 0.3) is 0 Å². The molecule has 0 spiro atoms. The topological polar surface area (TPSA) is 64.8 Å². The first kappa shape index (κ1) is 20.0. The van der Waals surface area contributed by atoms with E-state index in [-0.39, 0.29) is 24.1 Å². The summed E-state index contributed by atoms with van der Waals surface area (Å²) in [5.74, 6) is -0.358. The number of hydrogen-bond donors (Lipinski definition) is 1. The SMILES string of the molecule is CCC(C)OC(N)=CC(=O)OC1CN(C(c2ccccc2)c2ccccc2)C1. The molecule has 0 amide bonds. The van der Waals surface area contributed by atoms with E-state index >= 15 is 0 Å². The molecule has 2 N–H and O–H groups in total. The summed E-state index contributed by atoms with van der Waals surface area (Å²) in [5.41, 5.74) is 8.19. The highest BCUT2D eigenvalue weighted by molar-refractivity contribution is 5.82. The van der Waals surface area contributed by atoms with Crippen molar-refractivity contribution >= 4 is 5.97 Å². The maximum Gasteiger partial charge on any atom is 0.336 e. The number of nitrogens with zero attached hydrogens (tertiary/aromatic N) is 1. The summed E-state index contributed by atoms with van der Waals surface area (Å²) in [6.45, 7) is 5.26. The van der Waals surface area contributed by atoms with Crippen molar-refractivity contribution in [1.29, 1.82) is 0 Å². The number of rotatable bonds is 8. The Bertz CT molecular complexity index is 747. The monoisotopic (exact) mass is 380 g/mol. The van der Waals surface area contributed by atoms with Gasteiger partial charge in [0.15, 0.2) is 5.88 Å². The molecule has 0 bridgehead atoms. The normalized spacial score (nSPS) is 16.5. The second-order valence-electron chi connectivity index (χ2n) is 7.12. The molecule has 2 aromatic carbocycles. The summed E-state index contributed by atoms with van der Waals surface area (Å²) < 4.78 is 10.9. The summed E-state index contributed by atoms with van der Waals surface area (Å²) in [6.07, 6.45) is 1.87. The van der Waals surface area contributed by atoms with Gasteiger partial charge in [-0.2, -0.15) is 0 Å². The molecule has 0 aromatic heterocycles. The minimum Gasteiger partial charge on any atom is -0.476 e. The quantitative estimate of drug-likeness (QED) is 0.430. The summed E-state index contributed by atoms with van der Waals surface area (Å²) in [4.78, 5) is 14.4. The van der Waals surface area contributed by atoms with E-state index in [1.165, 1.54) is 17.2 Å². The molecule has 0 saturated carbocycles. The van der Waals surface area contributed by atoms with Crippen molar-refractivity contribution in [2.75, 3.05) is 13.1 Å². The van der Waals surface area contributed by atoms with Gasteiger partial charge in [-0.15, -0.1) is 0 Å². The summed E-state index contributed by atoms with van der Waals surface area (Å²) >= 11 is 0. The van der Waals surface area contributed by atoms with Crippen LogP contribution in [-0.4, -0.2) is 36.2 Å². The first-order valence-corrected chi connectivity index (χ1v) is 9.75. The van der Waals surface area contributed by atoms with Crippen molar-refractivity contribution in [3.05, 3.63) is 83.7 Å². The average Bonchev–Trinajstić information content (AvgIpc) is 2.67. The van der Waals surface area contributed by atoms with Gasteiger partial charge in [-0.05, 0) is 24.5 Å². The molecule has 1 aliphatic heterocycles. The van der Waals surface area contributed by atoms with Crippen molar-refractivity contribution in [3.8, 4) is 0 Å². The standard InChI is InChI=1S/C23H28N2O3/c1-3-17(2)27-21(24)14-22(26)28-20-15-25(16-20)23(18-10-6-4-7-11-18)19-12-8-5-9-13-19/h4-14,17,20,23H,3,15-16,24H2,1-2H3. The van der Waals surface area contributed by atoms with Gasteiger partial charge in [0.2, 0.25) is 0 Å². The predicted molar refractivity (Wildman–Crippen MR) is 109 cm³/mol. The molecule has 1 saturated heterocycles. The molecule has 2 aromatic rings. The molecule has 1 fully saturated rings. The second kappa shape index (κ2) is 9.42. The van der Waals surface area contributed by atoms with Gasteiger partial charge in [0, 0.05) is 13.1 Å². The van der Waals surface area contributed by atoms with Crippen LogP contribution in [0.2, 0.25) is 0 Å². The highest BCUT2D eigenvalue weighted by atomic mass is 16.5. The Morgan fingerprint density at radius 2 is 1.64 bits per heavy atom. The van der Waals surface area contributed by atoms with Gasteiger partial charge in [0.05, 0.1) is 18.2 Å². The molecule has 0 radical (unpaired) electrons. The first-order valence-electron chi connectivity index (χ1n) is 9.75.